The second-order valence-corrected chi connectivity index (χ2v) is 8.69. The molecule has 0 unspecified atom stereocenters. The standard InChI is InChI=1S/C27H28O12/c1-36-21-12-16(4-8-18(21)29)5-9-23(32)38-22-14-27(26(35)37-2,13-20(31)25(22)34)39-24(33)10-6-15-3-7-17(28)19(30)11-15/h3-12,20,22,25,28-31,34H,13-14H2,1-2H3/b9-5+,10-6+/t20-,22+,25+,27-/m1/s1. The first-order valence-electron chi connectivity index (χ1n) is 11.6. The molecule has 1 aliphatic rings. The number of rotatable bonds is 8. The summed E-state index contributed by atoms with van der Waals surface area (Å²) in [7, 11) is 2.40. The van der Waals surface area contributed by atoms with Gasteiger partial charge >= 0.3 is 17.9 Å². The van der Waals surface area contributed by atoms with Gasteiger partial charge in [-0.05, 0) is 47.5 Å². The van der Waals surface area contributed by atoms with Gasteiger partial charge in [0, 0.05) is 25.0 Å². The van der Waals surface area contributed by atoms with Crippen LogP contribution in [0.25, 0.3) is 12.2 Å². The molecule has 0 saturated heterocycles. The molecule has 0 radical (unpaired) electrons. The van der Waals surface area contributed by atoms with E-state index < -0.39 is 60.4 Å². The van der Waals surface area contributed by atoms with Gasteiger partial charge in [0.2, 0.25) is 5.60 Å². The monoisotopic (exact) mass is 544 g/mol. The first-order valence-corrected chi connectivity index (χ1v) is 11.6. The first-order chi connectivity index (χ1) is 18.5. The summed E-state index contributed by atoms with van der Waals surface area (Å²) in [4.78, 5) is 37.8. The predicted molar refractivity (Wildman–Crippen MR) is 134 cm³/mol. The Kier molecular flexibility index (Phi) is 9.17. The van der Waals surface area contributed by atoms with Crippen molar-refractivity contribution in [3.63, 3.8) is 0 Å². The third kappa shape index (κ3) is 7.06. The van der Waals surface area contributed by atoms with E-state index >= 15 is 0 Å². The number of methoxy groups -OCH3 is 2. The van der Waals surface area contributed by atoms with Crippen LogP contribution >= 0.6 is 0 Å². The van der Waals surface area contributed by atoms with Crippen LogP contribution in [-0.4, -0.2) is 81.6 Å². The molecule has 0 bridgehead atoms. The van der Waals surface area contributed by atoms with Gasteiger partial charge in [-0.1, -0.05) is 12.1 Å². The zero-order valence-electron chi connectivity index (χ0n) is 21.0. The Balaban J connectivity index is 1.76. The molecule has 1 fully saturated rings. The molecule has 0 spiro atoms. The molecule has 39 heavy (non-hydrogen) atoms. The van der Waals surface area contributed by atoms with Crippen molar-refractivity contribution in [2.75, 3.05) is 14.2 Å². The second-order valence-electron chi connectivity index (χ2n) is 8.69. The highest BCUT2D eigenvalue weighted by molar-refractivity contribution is 5.91. The van der Waals surface area contributed by atoms with Gasteiger partial charge in [-0.15, -0.1) is 0 Å². The summed E-state index contributed by atoms with van der Waals surface area (Å²) in [5.74, 6) is -3.68. The van der Waals surface area contributed by atoms with Gasteiger partial charge < -0.3 is 44.5 Å². The van der Waals surface area contributed by atoms with Gasteiger partial charge in [-0.25, -0.2) is 14.4 Å². The van der Waals surface area contributed by atoms with Crippen molar-refractivity contribution in [1.29, 1.82) is 0 Å². The Morgan fingerprint density at radius 3 is 2.08 bits per heavy atom. The van der Waals surface area contributed by atoms with Gasteiger partial charge in [-0.2, -0.15) is 0 Å². The van der Waals surface area contributed by atoms with Crippen LogP contribution in [-0.2, 0) is 28.6 Å². The number of phenols is 3. The molecule has 2 aromatic carbocycles. The minimum atomic E-state index is -2.09. The van der Waals surface area contributed by atoms with E-state index in [0.29, 0.717) is 11.1 Å². The van der Waals surface area contributed by atoms with E-state index in [9.17, 15) is 39.9 Å². The Labute approximate surface area is 222 Å². The summed E-state index contributed by atoms with van der Waals surface area (Å²) in [6.07, 6.45) is -1.12. The lowest BCUT2D eigenvalue weighted by molar-refractivity contribution is -0.208. The van der Waals surface area contributed by atoms with Crippen molar-refractivity contribution >= 4 is 30.1 Å². The topological polar surface area (TPSA) is 189 Å². The maximum Gasteiger partial charge on any atom is 0.350 e. The van der Waals surface area contributed by atoms with Gasteiger partial charge in [0.05, 0.1) is 20.3 Å². The van der Waals surface area contributed by atoms with Crippen molar-refractivity contribution in [3.8, 4) is 23.0 Å². The Hall–Kier alpha value is -4.55. The average Bonchev–Trinajstić information content (AvgIpc) is 2.91. The highest BCUT2D eigenvalue weighted by Gasteiger charge is 2.54. The summed E-state index contributed by atoms with van der Waals surface area (Å²) >= 11 is 0. The van der Waals surface area contributed by atoms with Crippen LogP contribution in [0.4, 0.5) is 0 Å². The largest absolute Gasteiger partial charge is 0.504 e. The number of aliphatic hydroxyl groups excluding tert-OH is 2. The Morgan fingerprint density at radius 2 is 1.46 bits per heavy atom. The number of esters is 3. The molecule has 5 N–H and O–H groups in total. The highest BCUT2D eigenvalue weighted by Crippen LogP contribution is 2.36. The van der Waals surface area contributed by atoms with Gasteiger partial charge in [0.15, 0.2) is 23.0 Å². The molecule has 12 heteroatoms. The lowest BCUT2D eigenvalue weighted by atomic mass is 9.79. The molecule has 0 heterocycles. The highest BCUT2D eigenvalue weighted by atomic mass is 16.6. The predicted octanol–water partition coefficient (Wildman–Crippen LogP) is 1.42. The summed E-state index contributed by atoms with van der Waals surface area (Å²) in [6, 6.07) is 8.15. The number of aliphatic hydroxyl groups is 2. The minimum absolute atomic E-state index is 0.0960. The number of hydrogen-bond acceptors (Lipinski definition) is 12. The molecular weight excluding hydrogens is 516 g/mol. The van der Waals surface area contributed by atoms with Gasteiger partial charge in [0.1, 0.15) is 12.2 Å². The molecule has 208 valence electrons. The Morgan fingerprint density at radius 1 is 0.846 bits per heavy atom. The maximum atomic E-state index is 12.7. The third-order valence-corrected chi connectivity index (χ3v) is 5.99. The SMILES string of the molecule is COC(=O)[C@@]1(OC(=O)/C=C/c2ccc(O)c(O)c2)C[C@@H](O)[C@H](O)[C@@H](OC(=O)/C=C/c2ccc(O)c(OC)c2)C1. The summed E-state index contributed by atoms with van der Waals surface area (Å²) in [5, 5.41) is 49.6. The van der Waals surface area contributed by atoms with Crippen LogP contribution in [0.2, 0.25) is 0 Å². The average molecular weight is 545 g/mol. The lowest BCUT2D eigenvalue weighted by Crippen LogP contribution is -2.59. The van der Waals surface area contributed by atoms with Crippen molar-refractivity contribution in [2.24, 2.45) is 0 Å². The van der Waals surface area contributed by atoms with Crippen molar-refractivity contribution in [3.05, 3.63) is 59.7 Å². The number of carbonyl (C=O) groups is 3. The number of phenolic OH excluding ortho intramolecular Hbond substituents is 3. The van der Waals surface area contributed by atoms with E-state index in [4.69, 9.17) is 18.9 Å². The van der Waals surface area contributed by atoms with Crippen LogP contribution in [0.1, 0.15) is 24.0 Å². The molecule has 3 rings (SSSR count). The van der Waals surface area contributed by atoms with Crippen LogP contribution in [0, 0.1) is 0 Å². The molecule has 0 aromatic heterocycles. The molecule has 1 aliphatic carbocycles. The first kappa shape index (κ1) is 29.0. The van der Waals surface area contributed by atoms with Gasteiger partial charge in [-0.3, -0.25) is 0 Å². The van der Waals surface area contributed by atoms with E-state index in [1.165, 1.54) is 55.7 Å². The molecule has 2 aromatic rings. The van der Waals surface area contributed by atoms with E-state index in [2.05, 4.69) is 0 Å². The van der Waals surface area contributed by atoms with E-state index in [0.717, 1.165) is 19.3 Å². The summed E-state index contributed by atoms with van der Waals surface area (Å²) in [5.41, 5.74) is -1.28. The van der Waals surface area contributed by atoms with Crippen LogP contribution in [0.15, 0.2) is 48.6 Å². The zero-order valence-corrected chi connectivity index (χ0v) is 21.0. The zero-order chi connectivity index (χ0) is 28.7. The molecule has 12 nitrogen and oxygen atoms in total. The van der Waals surface area contributed by atoms with Gasteiger partial charge in [0.25, 0.3) is 0 Å². The van der Waals surface area contributed by atoms with E-state index in [1.54, 1.807) is 0 Å². The molecule has 0 amide bonds. The number of hydrogen-bond donors (Lipinski definition) is 5. The van der Waals surface area contributed by atoms with E-state index in [1.807, 2.05) is 0 Å². The molecule has 4 atom stereocenters. The Bertz CT molecular complexity index is 1280. The fourth-order valence-electron chi connectivity index (χ4n) is 4.01. The van der Waals surface area contributed by atoms with E-state index in [-0.39, 0.29) is 17.2 Å². The molecule has 0 aliphatic heterocycles. The quantitative estimate of drug-likeness (QED) is 0.139. The van der Waals surface area contributed by atoms with Crippen LogP contribution in [0.5, 0.6) is 23.0 Å². The molecular formula is C27H28O12. The number of ether oxygens (including phenoxy) is 4. The number of aromatic hydroxyl groups is 3. The number of carbonyl (C=O) groups excluding carboxylic acids is 3. The maximum absolute atomic E-state index is 12.7. The summed E-state index contributed by atoms with van der Waals surface area (Å²) < 4.78 is 20.4. The van der Waals surface area contributed by atoms with Crippen LogP contribution < -0.4 is 4.74 Å². The third-order valence-electron chi connectivity index (χ3n) is 5.99. The van der Waals surface area contributed by atoms with Crippen LogP contribution in [0.3, 0.4) is 0 Å². The fourth-order valence-corrected chi connectivity index (χ4v) is 4.01. The summed E-state index contributed by atoms with van der Waals surface area (Å²) in [6.45, 7) is 0. The molecule has 1 saturated carbocycles. The van der Waals surface area contributed by atoms with Crippen molar-refractivity contribution in [1.82, 2.24) is 0 Å². The lowest BCUT2D eigenvalue weighted by Gasteiger charge is -2.41. The second kappa shape index (κ2) is 12.3. The fraction of sp³-hybridized carbons (Fsp3) is 0.296. The number of benzene rings is 2. The van der Waals surface area contributed by atoms with Crippen molar-refractivity contribution < 1.29 is 58.9 Å². The van der Waals surface area contributed by atoms with Crippen molar-refractivity contribution in [2.45, 2.75) is 36.8 Å². The normalized spacial score (nSPS) is 22.9. The minimum Gasteiger partial charge on any atom is -0.504 e. The smallest absolute Gasteiger partial charge is 0.350 e.